The Balaban J connectivity index is 6.43. The molecule has 0 aromatic rings. The number of hydrogen-bond acceptors (Lipinski definition) is 16. The third kappa shape index (κ3) is 31.6. The minimum absolute atomic E-state index is 0.0253. The summed E-state index contributed by atoms with van der Waals surface area (Å²) in [4.78, 5) is 107. The maximum Gasteiger partial charge on any atom is 0.322 e. The molecule has 0 aliphatic rings. The number of nitrogens with one attached hydrogen (secondary N) is 6. The molecule has 0 aliphatic heterocycles. The highest BCUT2D eigenvalue weighted by Gasteiger charge is 2.34. The van der Waals surface area contributed by atoms with Crippen LogP contribution in [0.5, 0.6) is 0 Å². The van der Waals surface area contributed by atoms with Gasteiger partial charge < -0.3 is 87.9 Å². The molecule has 68 heavy (non-hydrogen) atoms. The van der Waals surface area contributed by atoms with Gasteiger partial charge >= 0.3 is 11.9 Å². The summed E-state index contributed by atoms with van der Waals surface area (Å²) in [5, 5.41) is 30.7. The number of hydrazine groups is 1. The summed E-state index contributed by atoms with van der Waals surface area (Å²) in [5.41, 5.74) is 54.5. The molecule has 6 atom stereocenters. The lowest BCUT2D eigenvalue weighted by Crippen LogP contribution is -2.59. The smallest absolute Gasteiger partial charge is 0.322 e. The molecule has 0 saturated carbocycles. The van der Waals surface area contributed by atoms with Gasteiger partial charge in [-0.3, -0.25) is 48.7 Å². The van der Waals surface area contributed by atoms with E-state index in [1.807, 2.05) is 0 Å². The number of guanidine groups is 4. The van der Waals surface area contributed by atoms with Gasteiger partial charge in [-0.05, 0) is 103 Å². The van der Waals surface area contributed by atoms with E-state index in [-0.39, 0.29) is 120 Å². The van der Waals surface area contributed by atoms with Gasteiger partial charge in [-0.1, -0.05) is 12.8 Å². The molecular formula is C40H79N19O9. The first-order valence-electron chi connectivity index (χ1n) is 22.8. The van der Waals surface area contributed by atoms with Crippen LogP contribution in [0.3, 0.4) is 0 Å². The zero-order chi connectivity index (χ0) is 51.3. The normalized spacial score (nSPS) is 13.5. The number of rotatable bonds is 43. The minimum atomic E-state index is -1.47. The van der Waals surface area contributed by atoms with Gasteiger partial charge in [0.1, 0.15) is 24.4 Å². The van der Waals surface area contributed by atoms with E-state index in [0.717, 1.165) is 19.1 Å². The van der Waals surface area contributed by atoms with Crippen molar-refractivity contribution in [3.63, 3.8) is 0 Å². The number of carbonyl (C=O) groups is 7. The summed E-state index contributed by atoms with van der Waals surface area (Å²) in [6.45, 7) is 1.70. The summed E-state index contributed by atoms with van der Waals surface area (Å²) in [7, 11) is 0. The molecular weight excluding hydrogens is 891 g/mol. The molecule has 388 valence electrons. The molecule has 28 heteroatoms. The number of carboxylic acids is 2. The van der Waals surface area contributed by atoms with E-state index in [1.54, 1.807) is 0 Å². The van der Waals surface area contributed by atoms with Crippen LogP contribution in [0.4, 0.5) is 0 Å². The Morgan fingerprint density at radius 1 is 0.471 bits per heavy atom. The summed E-state index contributed by atoms with van der Waals surface area (Å²) in [6.07, 6.45) is 5.13. The van der Waals surface area contributed by atoms with Gasteiger partial charge in [0, 0.05) is 32.6 Å². The Morgan fingerprint density at radius 2 is 0.897 bits per heavy atom. The summed E-state index contributed by atoms with van der Waals surface area (Å²) < 4.78 is 0. The molecule has 0 bridgehead atoms. The Labute approximate surface area is 397 Å². The summed E-state index contributed by atoms with van der Waals surface area (Å²) in [6, 6.07) is -6.70. The van der Waals surface area contributed by atoms with Crippen molar-refractivity contribution in [3.05, 3.63) is 0 Å². The topological polar surface area (TPSA) is 516 Å². The van der Waals surface area contributed by atoms with Crippen molar-refractivity contribution in [3.8, 4) is 0 Å². The second-order valence-electron chi connectivity index (χ2n) is 15.9. The number of aliphatic imine (C=N–C) groups is 4. The fraction of sp³-hybridized carbons (Fsp3) is 0.725. The average Bonchev–Trinajstić information content (AvgIpc) is 3.27. The van der Waals surface area contributed by atoms with Crippen LogP contribution >= 0.6 is 0 Å². The number of aliphatic carboxylic acids is 2. The van der Waals surface area contributed by atoms with E-state index in [0.29, 0.717) is 38.8 Å². The van der Waals surface area contributed by atoms with E-state index in [2.05, 4.69) is 52.1 Å². The first-order valence-corrected chi connectivity index (χ1v) is 22.8. The van der Waals surface area contributed by atoms with Gasteiger partial charge in [0.05, 0.1) is 18.1 Å². The molecule has 0 aromatic carbocycles. The van der Waals surface area contributed by atoms with Crippen molar-refractivity contribution in [2.45, 2.75) is 139 Å². The van der Waals surface area contributed by atoms with E-state index >= 15 is 0 Å². The second kappa shape index (κ2) is 37.8. The molecule has 1 unspecified atom stereocenters. The van der Waals surface area contributed by atoms with Gasteiger partial charge in [0.2, 0.25) is 23.4 Å². The predicted molar refractivity (Wildman–Crippen MR) is 258 cm³/mol. The number of Topliss-reactive ketones (excluding diaryl/α,β-unsaturated/α-hetero) is 2. The number of aldehydes is 1. The molecule has 2 amide bonds. The first kappa shape index (κ1) is 61.8. The summed E-state index contributed by atoms with van der Waals surface area (Å²) in [5.74, 6) is -6.87. The maximum atomic E-state index is 14.1. The summed E-state index contributed by atoms with van der Waals surface area (Å²) >= 11 is 0. The highest BCUT2D eigenvalue weighted by Crippen LogP contribution is 2.10. The molecule has 0 spiro atoms. The van der Waals surface area contributed by atoms with E-state index in [1.165, 1.54) is 0 Å². The van der Waals surface area contributed by atoms with Crippen LogP contribution in [-0.4, -0.2) is 158 Å². The molecule has 0 fully saturated rings. The van der Waals surface area contributed by atoms with E-state index < -0.39 is 71.9 Å². The largest absolute Gasteiger partial charge is 0.481 e. The lowest BCUT2D eigenvalue weighted by Gasteiger charge is -2.26. The molecule has 0 saturated heterocycles. The average molecular weight is 970 g/mol. The van der Waals surface area contributed by atoms with Gasteiger partial charge in [0.25, 0.3) is 0 Å². The zero-order valence-electron chi connectivity index (χ0n) is 39.0. The Kier molecular flexibility index (Phi) is 34.4. The van der Waals surface area contributed by atoms with Crippen LogP contribution in [0.1, 0.15) is 103 Å². The molecule has 0 radical (unpaired) electrons. The number of hydrogen-bond donors (Lipinski definition) is 17. The SMILES string of the molecule is NCCCC[C@@H](C=O)NCCCCCN[C@@H](CCC(=O)O)C(=O)C(=O)[C@H](CCCN=C(N)N)NC(=O)C(CCCN=C(N)N)NC(=O)[C@H](CCCN=C(N)N)NN[C@@H](CCCN=C(N)N)C(=O)O. The molecule has 0 aromatic heterocycles. The Bertz CT molecular complexity index is 1650. The lowest BCUT2D eigenvalue weighted by molar-refractivity contribution is -0.141. The molecule has 0 rings (SSSR count). The highest BCUT2D eigenvalue weighted by atomic mass is 16.4. The van der Waals surface area contributed by atoms with Crippen molar-refractivity contribution >= 4 is 65.4 Å². The van der Waals surface area contributed by atoms with Gasteiger partial charge in [-0.25, -0.2) is 10.9 Å². The van der Waals surface area contributed by atoms with Crippen LogP contribution in [0.25, 0.3) is 0 Å². The van der Waals surface area contributed by atoms with Crippen LogP contribution in [0.15, 0.2) is 20.0 Å². The Hall–Kier alpha value is -6.23. The van der Waals surface area contributed by atoms with Crippen molar-refractivity contribution in [2.24, 2.45) is 71.6 Å². The number of carbonyl (C=O) groups excluding carboxylic acids is 5. The van der Waals surface area contributed by atoms with Crippen molar-refractivity contribution < 1.29 is 43.8 Å². The fourth-order valence-electron chi connectivity index (χ4n) is 6.48. The van der Waals surface area contributed by atoms with Crippen LogP contribution in [0.2, 0.25) is 0 Å². The maximum absolute atomic E-state index is 14.1. The number of nitrogens with zero attached hydrogens (tertiary/aromatic N) is 4. The lowest BCUT2D eigenvalue weighted by atomic mass is 9.95. The fourth-order valence-corrected chi connectivity index (χ4v) is 6.48. The van der Waals surface area contributed by atoms with E-state index in [9.17, 15) is 43.8 Å². The number of carboxylic acid groups (broad SMARTS) is 2. The minimum Gasteiger partial charge on any atom is -0.481 e. The molecule has 28 nitrogen and oxygen atoms in total. The molecule has 0 heterocycles. The number of unbranched alkanes of at least 4 members (excludes halogenated alkanes) is 3. The second-order valence-corrected chi connectivity index (χ2v) is 15.9. The molecule has 0 aliphatic carbocycles. The van der Waals surface area contributed by atoms with Crippen molar-refractivity contribution in [2.75, 3.05) is 45.8 Å². The number of ketones is 2. The third-order valence-electron chi connectivity index (χ3n) is 10.1. The highest BCUT2D eigenvalue weighted by molar-refractivity contribution is 6.41. The standard InChI is InChI=1S/C40H79N19O9/c41-17-3-2-10-25(24-60)50-18-4-1-5-19-51-26(15-16-31(61)62)32(63)33(64)27(11-6-20-52-37(42)43)56-34(65)28(12-7-21-53-38(44)45)57-35(66)29(13-8-22-54-39(46)47)58-59-30(36(67)68)14-9-23-55-40(48)49/h24-30,50-51,58-59H,1-23,41H2,(H,56,65)(H,57,66)(H,61,62)(H,67,68)(H4,42,43,52)(H4,44,45,53)(H4,46,47,54)(H4,48,49,55)/t25-,26-,27-,28?,29-,30-/m0/s1. The zero-order valence-corrected chi connectivity index (χ0v) is 39.0. The van der Waals surface area contributed by atoms with Crippen LogP contribution in [0, 0.1) is 0 Å². The predicted octanol–water partition coefficient (Wildman–Crippen LogP) is -5.50. The van der Waals surface area contributed by atoms with Crippen LogP contribution in [-0.2, 0) is 33.6 Å². The van der Waals surface area contributed by atoms with E-state index in [4.69, 9.17) is 51.6 Å². The van der Waals surface area contributed by atoms with Gasteiger partial charge in [-0.15, -0.1) is 0 Å². The van der Waals surface area contributed by atoms with Crippen molar-refractivity contribution in [1.82, 2.24) is 32.1 Å². The number of amides is 2. The Morgan fingerprint density at radius 3 is 1.37 bits per heavy atom. The van der Waals surface area contributed by atoms with Gasteiger partial charge in [-0.2, -0.15) is 0 Å². The quantitative estimate of drug-likeness (QED) is 0.00677. The van der Waals surface area contributed by atoms with Crippen LogP contribution < -0.4 is 83.7 Å². The van der Waals surface area contributed by atoms with Crippen molar-refractivity contribution in [1.29, 1.82) is 0 Å². The molecule has 26 N–H and O–H groups in total. The van der Waals surface area contributed by atoms with Gasteiger partial charge in [0.15, 0.2) is 23.8 Å². The number of nitrogens with two attached hydrogens (primary N) is 9. The third-order valence-corrected chi connectivity index (χ3v) is 10.1. The monoisotopic (exact) mass is 970 g/mol. The first-order chi connectivity index (χ1) is 32.3.